The second kappa shape index (κ2) is 9.21. The first-order chi connectivity index (χ1) is 13.8. The van der Waals surface area contributed by atoms with Crippen LogP contribution in [0.4, 0.5) is 14.5 Å². The zero-order chi connectivity index (χ0) is 21.0. The van der Waals surface area contributed by atoms with Crippen LogP contribution >= 0.6 is 11.8 Å². The molecule has 0 aliphatic carbocycles. The molecule has 3 rings (SSSR count). The van der Waals surface area contributed by atoms with Crippen molar-refractivity contribution in [3.63, 3.8) is 0 Å². The van der Waals surface area contributed by atoms with Gasteiger partial charge in [-0.25, -0.2) is 17.2 Å². The van der Waals surface area contributed by atoms with E-state index in [9.17, 15) is 22.0 Å². The number of amides is 1. The third-order valence-electron chi connectivity index (χ3n) is 4.32. The van der Waals surface area contributed by atoms with E-state index in [1.807, 2.05) is 0 Å². The lowest BCUT2D eigenvalue weighted by atomic mass is 10.2. The lowest BCUT2D eigenvalue weighted by Gasteiger charge is -2.26. The minimum atomic E-state index is -3.70. The molecule has 1 saturated heterocycles. The molecule has 10 heteroatoms. The number of benzene rings is 2. The van der Waals surface area contributed by atoms with Crippen molar-refractivity contribution in [2.24, 2.45) is 0 Å². The first-order valence-electron chi connectivity index (χ1n) is 8.83. The number of ether oxygens (including phenoxy) is 1. The molecule has 2 aromatic carbocycles. The molecular weight excluding hydrogens is 422 g/mol. The van der Waals surface area contributed by atoms with Crippen LogP contribution in [0.5, 0.6) is 0 Å². The van der Waals surface area contributed by atoms with Crippen LogP contribution in [0, 0.1) is 18.6 Å². The van der Waals surface area contributed by atoms with Crippen LogP contribution < -0.4 is 5.32 Å². The van der Waals surface area contributed by atoms with Gasteiger partial charge in [-0.2, -0.15) is 4.31 Å². The molecule has 29 heavy (non-hydrogen) atoms. The van der Waals surface area contributed by atoms with Crippen molar-refractivity contribution < 1.29 is 26.7 Å². The van der Waals surface area contributed by atoms with Gasteiger partial charge in [0.05, 0.1) is 23.9 Å². The Hall–Kier alpha value is -2.01. The molecule has 1 amide bonds. The van der Waals surface area contributed by atoms with Gasteiger partial charge in [0.2, 0.25) is 15.9 Å². The third-order valence-corrected chi connectivity index (χ3v) is 7.36. The molecule has 0 unspecified atom stereocenters. The number of hydrogen-bond donors (Lipinski definition) is 1. The van der Waals surface area contributed by atoms with Gasteiger partial charge in [0, 0.05) is 23.7 Å². The van der Waals surface area contributed by atoms with Gasteiger partial charge in [-0.05, 0) is 42.8 Å². The fraction of sp³-hybridized carbons (Fsp3) is 0.316. The molecule has 1 fully saturated rings. The van der Waals surface area contributed by atoms with E-state index in [-0.39, 0.29) is 23.7 Å². The Kier molecular flexibility index (Phi) is 6.89. The molecule has 1 N–H and O–H groups in total. The Morgan fingerprint density at radius 1 is 1.14 bits per heavy atom. The van der Waals surface area contributed by atoms with E-state index in [0.717, 1.165) is 23.9 Å². The highest BCUT2D eigenvalue weighted by molar-refractivity contribution is 8.00. The Morgan fingerprint density at radius 2 is 1.86 bits per heavy atom. The first-order valence-corrected chi connectivity index (χ1v) is 11.3. The lowest BCUT2D eigenvalue weighted by molar-refractivity contribution is -0.113. The molecule has 6 nitrogen and oxygen atoms in total. The van der Waals surface area contributed by atoms with Crippen molar-refractivity contribution in [2.75, 3.05) is 37.4 Å². The number of carbonyl (C=O) groups excluding carboxylic acids is 1. The summed E-state index contributed by atoms with van der Waals surface area (Å²) in [5.41, 5.74) is 0.920. The number of hydrogen-bond acceptors (Lipinski definition) is 5. The molecule has 2 aromatic rings. The number of halogens is 2. The van der Waals surface area contributed by atoms with Crippen LogP contribution in [0.15, 0.2) is 46.2 Å². The van der Waals surface area contributed by atoms with Crippen LogP contribution in [-0.4, -0.2) is 50.7 Å². The summed E-state index contributed by atoms with van der Waals surface area (Å²) in [5.74, 6) is -2.36. The summed E-state index contributed by atoms with van der Waals surface area (Å²) >= 11 is 1.05. The summed E-state index contributed by atoms with van der Waals surface area (Å²) in [6, 6.07) is 8.08. The van der Waals surface area contributed by atoms with Crippen molar-refractivity contribution in [3.05, 3.63) is 53.6 Å². The van der Waals surface area contributed by atoms with E-state index in [2.05, 4.69) is 5.32 Å². The summed E-state index contributed by atoms with van der Waals surface area (Å²) in [7, 11) is -3.70. The third kappa shape index (κ3) is 5.33. The average molecular weight is 443 g/mol. The number of aryl methyl sites for hydroxylation is 1. The smallest absolute Gasteiger partial charge is 0.243 e. The second-order valence-corrected chi connectivity index (χ2v) is 9.36. The maximum atomic E-state index is 13.2. The number of anilines is 1. The summed E-state index contributed by atoms with van der Waals surface area (Å²) < 4.78 is 58.6. The predicted octanol–water partition coefficient (Wildman–Crippen LogP) is 3.02. The first kappa shape index (κ1) is 21.7. The molecule has 0 saturated carbocycles. The Labute approximate surface area is 172 Å². The van der Waals surface area contributed by atoms with Crippen LogP contribution in [-0.2, 0) is 19.6 Å². The quantitative estimate of drug-likeness (QED) is 0.696. The lowest BCUT2D eigenvalue weighted by Crippen LogP contribution is -2.40. The molecule has 1 aliphatic heterocycles. The predicted molar refractivity (Wildman–Crippen MR) is 106 cm³/mol. The Balaban J connectivity index is 1.68. The Bertz CT molecular complexity index is 1010. The summed E-state index contributed by atoms with van der Waals surface area (Å²) in [5, 5.41) is 2.65. The fourth-order valence-corrected chi connectivity index (χ4v) is 5.17. The topological polar surface area (TPSA) is 75.7 Å². The maximum absolute atomic E-state index is 13.2. The number of thioether (sulfide) groups is 1. The van der Waals surface area contributed by atoms with E-state index in [1.165, 1.54) is 16.4 Å². The molecule has 1 heterocycles. The van der Waals surface area contributed by atoms with Crippen LogP contribution in [0.3, 0.4) is 0 Å². The van der Waals surface area contributed by atoms with Crippen molar-refractivity contribution in [2.45, 2.75) is 16.7 Å². The van der Waals surface area contributed by atoms with E-state index in [4.69, 9.17) is 4.74 Å². The number of morpholine rings is 1. The van der Waals surface area contributed by atoms with Crippen LogP contribution in [0.1, 0.15) is 5.56 Å². The summed E-state index contributed by atoms with van der Waals surface area (Å²) in [4.78, 5) is 12.8. The van der Waals surface area contributed by atoms with Gasteiger partial charge < -0.3 is 10.1 Å². The van der Waals surface area contributed by atoms with Crippen molar-refractivity contribution >= 4 is 33.4 Å². The second-order valence-electron chi connectivity index (χ2n) is 6.41. The highest BCUT2D eigenvalue weighted by atomic mass is 32.2. The van der Waals surface area contributed by atoms with E-state index in [1.54, 1.807) is 19.1 Å². The zero-order valence-electron chi connectivity index (χ0n) is 15.7. The monoisotopic (exact) mass is 442 g/mol. The summed E-state index contributed by atoms with van der Waals surface area (Å²) in [6.45, 7) is 2.94. The zero-order valence-corrected chi connectivity index (χ0v) is 17.3. The molecule has 0 atom stereocenters. The van der Waals surface area contributed by atoms with Crippen LogP contribution in [0.2, 0.25) is 0 Å². The molecule has 0 radical (unpaired) electrons. The van der Waals surface area contributed by atoms with Gasteiger partial charge in [0.25, 0.3) is 0 Å². The number of nitrogens with zero attached hydrogens (tertiary/aromatic N) is 1. The molecule has 0 bridgehead atoms. The molecule has 0 aromatic heterocycles. The van der Waals surface area contributed by atoms with Crippen molar-refractivity contribution in [3.8, 4) is 0 Å². The van der Waals surface area contributed by atoms with E-state index < -0.39 is 27.6 Å². The van der Waals surface area contributed by atoms with Gasteiger partial charge in [-0.15, -0.1) is 11.8 Å². The number of carbonyl (C=O) groups is 1. The molecule has 0 spiro atoms. The number of rotatable bonds is 6. The van der Waals surface area contributed by atoms with Gasteiger partial charge in [0.15, 0.2) is 11.6 Å². The minimum absolute atomic E-state index is 0.0372. The van der Waals surface area contributed by atoms with Gasteiger partial charge in [0.1, 0.15) is 0 Å². The normalized spacial score (nSPS) is 15.3. The number of sulfonamides is 1. The molecular formula is C19H20F2N2O4S2. The van der Waals surface area contributed by atoms with Gasteiger partial charge in [-0.3, -0.25) is 4.79 Å². The Morgan fingerprint density at radius 3 is 2.55 bits per heavy atom. The van der Waals surface area contributed by atoms with Gasteiger partial charge in [-0.1, -0.05) is 6.07 Å². The molecule has 156 valence electrons. The average Bonchev–Trinajstić information content (AvgIpc) is 2.71. The minimum Gasteiger partial charge on any atom is -0.379 e. The van der Waals surface area contributed by atoms with E-state index >= 15 is 0 Å². The fourth-order valence-electron chi connectivity index (χ4n) is 2.79. The molecule has 1 aliphatic rings. The van der Waals surface area contributed by atoms with E-state index in [0.29, 0.717) is 29.4 Å². The SMILES string of the molecule is Cc1ccc(NC(=O)CSc2ccc(F)c(F)c2)cc1S(=O)(=O)N1CCOCC1. The van der Waals surface area contributed by atoms with Crippen molar-refractivity contribution in [1.82, 2.24) is 4.31 Å². The van der Waals surface area contributed by atoms with Crippen molar-refractivity contribution in [1.29, 1.82) is 0 Å². The highest BCUT2D eigenvalue weighted by Crippen LogP contribution is 2.25. The standard InChI is InChI=1S/C19H20F2N2O4S2/c1-13-2-3-14(10-18(13)29(25,26)23-6-8-27-9-7-23)22-19(24)12-28-15-4-5-16(20)17(21)11-15/h2-5,10-11H,6-9,12H2,1H3,(H,22,24). The largest absolute Gasteiger partial charge is 0.379 e. The van der Waals surface area contributed by atoms with Gasteiger partial charge >= 0.3 is 0 Å². The maximum Gasteiger partial charge on any atom is 0.243 e. The van der Waals surface area contributed by atoms with Crippen LogP contribution in [0.25, 0.3) is 0 Å². The highest BCUT2D eigenvalue weighted by Gasteiger charge is 2.28. The summed E-state index contributed by atoms with van der Waals surface area (Å²) in [6.07, 6.45) is 0. The number of nitrogens with one attached hydrogen (secondary N) is 1.